The monoisotopic (exact) mass is 445 g/mol. The van der Waals surface area contributed by atoms with E-state index in [2.05, 4.69) is 16.0 Å². The van der Waals surface area contributed by atoms with E-state index < -0.39 is 0 Å². The minimum atomic E-state index is -0.0853. The predicted molar refractivity (Wildman–Crippen MR) is 126 cm³/mol. The highest BCUT2D eigenvalue weighted by molar-refractivity contribution is 5.78. The number of phenols is 1. The Bertz CT molecular complexity index is 1180. The number of aromatic hydroxyl groups is 1. The molecule has 1 aliphatic rings. The van der Waals surface area contributed by atoms with Gasteiger partial charge in [-0.3, -0.25) is 0 Å². The van der Waals surface area contributed by atoms with Crippen LogP contribution in [0.25, 0.3) is 11.1 Å². The average Bonchev–Trinajstić information content (AvgIpc) is 3.55. The smallest absolute Gasteiger partial charge is 0.221 e. The van der Waals surface area contributed by atoms with Gasteiger partial charge in [-0.15, -0.1) is 0 Å². The highest BCUT2D eigenvalue weighted by Gasteiger charge is 2.43. The molecule has 0 radical (unpaired) electrons. The lowest BCUT2D eigenvalue weighted by molar-refractivity contribution is 0.236. The van der Waals surface area contributed by atoms with E-state index >= 15 is 0 Å². The SMILES string of the molecule is CCOc1cc(Cc2cnc(N)nc2N)cc(OCC2(CC#N)CC2)c1-c1ccc(O)cc1. The minimum absolute atomic E-state index is 0.0853. The fourth-order valence-corrected chi connectivity index (χ4v) is 3.78. The molecular formula is C25H27N5O3. The van der Waals surface area contributed by atoms with Crippen LogP contribution >= 0.6 is 0 Å². The number of phenolic OH excluding ortho intramolecular Hbond substituents is 1. The average molecular weight is 446 g/mol. The molecule has 2 aromatic carbocycles. The normalized spacial score (nSPS) is 13.8. The van der Waals surface area contributed by atoms with Crippen molar-refractivity contribution in [3.05, 3.63) is 53.7 Å². The molecule has 1 fully saturated rings. The first-order valence-corrected chi connectivity index (χ1v) is 10.9. The van der Waals surface area contributed by atoms with Gasteiger partial charge in [0.1, 0.15) is 23.1 Å². The molecule has 3 aromatic rings. The summed E-state index contributed by atoms with van der Waals surface area (Å²) in [6.07, 6.45) is 4.53. The van der Waals surface area contributed by atoms with Crippen molar-refractivity contribution in [2.45, 2.75) is 32.6 Å². The summed E-state index contributed by atoms with van der Waals surface area (Å²) < 4.78 is 12.3. The summed E-state index contributed by atoms with van der Waals surface area (Å²) in [6, 6.07) is 13.1. The number of rotatable bonds is 9. The number of nitrogens with zero attached hydrogens (tertiary/aromatic N) is 3. The van der Waals surface area contributed by atoms with Crippen molar-refractivity contribution >= 4 is 11.8 Å². The van der Waals surface area contributed by atoms with Gasteiger partial charge in [-0.2, -0.15) is 10.2 Å². The maximum Gasteiger partial charge on any atom is 0.221 e. The van der Waals surface area contributed by atoms with Crippen LogP contribution in [0.5, 0.6) is 17.2 Å². The van der Waals surface area contributed by atoms with Gasteiger partial charge in [0, 0.05) is 30.0 Å². The van der Waals surface area contributed by atoms with Crippen LogP contribution in [0.2, 0.25) is 0 Å². The van der Waals surface area contributed by atoms with E-state index in [1.165, 1.54) is 0 Å². The minimum Gasteiger partial charge on any atom is -0.508 e. The van der Waals surface area contributed by atoms with Gasteiger partial charge in [0.15, 0.2) is 0 Å². The van der Waals surface area contributed by atoms with E-state index in [1.807, 2.05) is 31.2 Å². The Balaban J connectivity index is 1.76. The van der Waals surface area contributed by atoms with Crippen molar-refractivity contribution in [1.29, 1.82) is 5.26 Å². The van der Waals surface area contributed by atoms with Crippen molar-refractivity contribution in [3.63, 3.8) is 0 Å². The second-order valence-corrected chi connectivity index (χ2v) is 8.39. The predicted octanol–water partition coefficient (Wildman–Crippen LogP) is 4.08. The van der Waals surface area contributed by atoms with Crippen LogP contribution in [0, 0.1) is 16.7 Å². The zero-order chi connectivity index (χ0) is 23.4. The van der Waals surface area contributed by atoms with Crippen molar-refractivity contribution in [3.8, 4) is 34.4 Å². The van der Waals surface area contributed by atoms with E-state index in [0.717, 1.165) is 35.1 Å². The number of aromatic nitrogens is 2. The molecule has 0 saturated heterocycles. The summed E-state index contributed by atoms with van der Waals surface area (Å²) in [5.41, 5.74) is 14.9. The van der Waals surface area contributed by atoms with Gasteiger partial charge in [-0.25, -0.2) is 4.98 Å². The van der Waals surface area contributed by atoms with Gasteiger partial charge in [0.2, 0.25) is 5.95 Å². The van der Waals surface area contributed by atoms with Crippen LogP contribution in [0.1, 0.15) is 37.3 Å². The topological polar surface area (TPSA) is 140 Å². The molecule has 0 bridgehead atoms. The Morgan fingerprint density at radius 3 is 2.42 bits per heavy atom. The zero-order valence-corrected chi connectivity index (χ0v) is 18.5. The van der Waals surface area contributed by atoms with Gasteiger partial charge >= 0.3 is 0 Å². The Labute approximate surface area is 192 Å². The number of benzene rings is 2. The van der Waals surface area contributed by atoms with Gasteiger partial charge in [0.05, 0.1) is 24.8 Å². The molecule has 1 aliphatic carbocycles. The van der Waals surface area contributed by atoms with E-state index in [0.29, 0.717) is 43.4 Å². The van der Waals surface area contributed by atoms with E-state index in [9.17, 15) is 10.4 Å². The third-order valence-electron chi connectivity index (χ3n) is 5.84. The number of nitrogen functional groups attached to an aromatic ring is 2. The molecule has 33 heavy (non-hydrogen) atoms. The van der Waals surface area contributed by atoms with Gasteiger partial charge < -0.3 is 26.0 Å². The second kappa shape index (κ2) is 9.25. The second-order valence-electron chi connectivity index (χ2n) is 8.39. The lowest BCUT2D eigenvalue weighted by Crippen LogP contribution is -2.13. The Morgan fingerprint density at radius 2 is 1.82 bits per heavy atom. The highest BCUT2D eigenvalue weighted by Crippen LogP contribution is 2.50. The quantitative estimate of drug-likeness (QED) is 0.447. The fourth-order valence-electron chi connectivity index (χ4n) is 3.78. The first kappa shape index (κ1) is 22.2. The van der Waals surface area contributed by atoms with E-state index in [4.69, 9.17) is 20.9 Å². The molecule has 170 valence electrons. The number of hydrogen-bond acceptors (Lipinski definition) is 8. The largest absolute Gasteiger partial charge is 0.508 e. The molecule has 1 aromatic heterocycles. The molecule has 0 unspecified atom stereocenters. The third kappa shape index (κ3) is 5.09. The molecule has 0 amide bonds. The third-order valence-corrected chi connectivity index (χ3v) is 5.84. The van der Waals surface area contributed by atoms with Crippen LogP contribution in [-0.2, 0) is 6.42 Å². The Kier molecular flexibility index (Phi) is 6.22. The lowest BCUT2D eigenvalue weighted by Gasteiger charge is -2.20. The summed E-state index contributed by atoms with van der Waals surface area (Å²) in [5, 5.41) is 18.9. The molecule has 0 atom stereocenters. The summed E-state index contributed by atoms with van der Waals surface area (Å²) in [4.78, 5) is 8.11. The Morgan fingerprint density at radius 1 is 1.12 bits per heavy atom. The van der Waals surface area contributed by atoms with Crippen molar-refractivity contribution in [1.82, 2.24) is 9.97 Å². The number of nitriles is 1. The van der Waals surface area contributed by atoms with Gasteiger partial charge in [0.25, 0.3) is 0 Å². The standard InChI is InChI=1S/C25H27N5O3/c1-2-32-20-12-16(11-18-14-29-24(28)30-23(18)27)13-21(33-15-25(7-8-25)9-10-26)22(20)17-3-5-19(31)6-4-17/h3-6,12-14,31H,2,7-9,11,15H2,1H3,(H4,27,28,29,30). The summed E-state index contributed by atoms with van der Waals surface area (Å²) in [5.74, 6) is 1.96. The van der Waals surface area contributed by atoms with E-state index in [1.54, 1.807) is 18.3 Å². The van der Waals surface area contributed by atoms with Crippen LogP contribution in [0.3, 0.4) is 0 Å². The summed E-state index contributed by atoms with van der Waals surface area (Å²) in [7, 11) is 0. The first-order chi connectivity index (χ1) is 15.9. The molecule has 0 spiro atoms. The van der Waals surface area contributed by atoms with E-state index in [-0.39, 0.29) is 17.1 Å². The fraction of sp³-hybridized carbons (Fsp3) is 0.320. The van der Waals surface area contributed by atoms with Crippen LogP contribution in [0.4, 0.5) is 11.8 Å². The maximum atomic E-state index is 9.75. The Hall–Kier alpha value is -3.99. The van der Waals surface area contributed by atoms with Crippen molar-refractivity contribution in [2.75, 3.05) is 24.7 Å². The van der Waals surface area contributed by atoms with Crippen LogP contribution in [0.15, 0.2) is 42.6 Å². The van der Waals surface area contributed by atoms with Crippen LogP contribution < -0.4 is 20.9 Å². The molecular weight excluding hydrogens is 418 g/mol. The molecule has 0 aliphatic heterocycles. The van der Waals surface area contributed by atoms with Crippen LogP contribution in [-0.4, -0.2) is 28.3 Å². The van der Waals surface area contributed by atoms with Crippen molar-refractivity contribution in [2.24, 2.45) is 5.41 Å². The summed E-state index contributed by atoms with van der Waals surface area (Å²) >= 11 is 0. The first-order valence-electron chi connectivity index (χ1n) is 10.9. The number of nitrogens with two attached hydrogens (primary N) is 2. The van der Waals surface area contributed by atoms with Gasteiger partial charge in [-0.05, 0) is 55.2 Å². The zero-order valence-electron chi connectivity index (χ0n) is 18.5. The number of hydrogen-bond donors (Lipinski definition) is 3. The number of ether oxygens (including phenoxy) is 2. The maximum absolute atomic E-state index is 9.75. The van der Waals surface area contributed by atoms with Gasteiger partial charge in [-0.1, -0.05) is 12.1 Å². The molecule has 1 saturated carbocycles. The molecule has 4 rings (SSSR count). The molecule has 1 heterocycles. The number of anilines is 2. The lowest BCUT2D eigenvalue weighted by atomic mass is 9.98. The van der Waals surface area contributed by atoms with Crippen molar-refractivity contribution < 1.29 is 14.6 Å². The molecule has 5 N–H and O–H groups in total. The summed E-state index contributed by atoms with van der Waals surface area (Å²) in [6.45, 7) is 2.85. The molecule has 8 heteroatoms. The molecule has 8 nitrogen and oxygen atoms in total. The highest BCUT2D eigenvalue weighted by atomic mass is 16.5.